The number of nitrogen functional groups attached to an aromatic ring is 1. The van der Waals surface area contributed by atoms with Crippen LogP contribution in [0.1, 0.15) is 0 Å². The molecule has 7 heteroatoms. The smallest absolute Gasteiger partial charge is 0.239 e. The fraction of sp³-hybridized carbons (Fsp3) is 0. The van der Waals surface area contributed by atoms with Crippen LogP contribution in [0.2, 0.25) is 5.02 Å². The van der Waals surface area contributed by atoms with Crippen LogP contribution in [0.3, 0.4) is 0 Å². The maximum absolute atomic E-state index is 13.8. The Morgan fingerprint density at radius 3 is 2.71 bits per heavy atom. The van der Waals surface area contributed by atoms with Crippen LogP contribution in [-0.2, 0) is 0 Å². The first kappa shape index (κ1) is 13.5. The average molecular weight is 304 g/mol. The van der Waals surface area contributed by atoms with Crippen LogP contribution in [0.25, 0.3) is 10.9 Å². The molecular formula is C14H11ClFN5. The van der Waals surface area contributed by atoms with E-state index in [1.165, 1.54) is 18.2 Å². The van der Waals surface area contributed by atoms with Crippen LogP contribution >= 0.6 is 11.6 Å². The van der Waals surface area contributed by atoms with Crippen molar-refractivity contribution in [3.8, 4) is 0 Å². The Kier molecular flexibility index (Phi) is 3.55. The molecule has 3 aromatic rings. The quantitative estimate of drug-likeness (QED) is 0.510. The predicted octanol–water partition coefficient (Wildman–Crippen LogP) is 3.45. The number of aromatic nitrogens is 2. The highest BCUT2D eigenvalue weighted by atomic mass is 35.5. The number of hydrazine groups is 1. The van der Waals surface area contributed by atoms with Crippen molar-refractivity contribution in [1.29, 1.82) is 0 Å². The van der Waals surface area contributed by atoms with Gasteiger partial charge in [0.15, 0.2) is 0 Å². The van der Waals surface area contributed by atoms with Gasteiger partial charge in [0.2, 0.25) is 5.95 Å². The van der Waals surface area contributed by atoms with Crippen molar-refractivity contribution in [3.05, 3.63) is 53.3 Å². The van der Waals surface area contributed by atoms with Gasteiger partial charge in [0, 0.05) is 10.4 Å². The van der Waals surface area contributed by atoms with Gasteiger partial charge < -0.3 is 5.32 Å². The van der Waals surface area contributed by atoms with Gasteiger partial charge in [-0.25, -0.2) is 15.2 Å². The second-order valence-electron chi connectivity index (χ2n) is 4.31. The van der Waals surface area contributed by atoms with Crippen molar-refractivity contribution in [2.75, 3.05) is 10.7 Å². The minimum atomic E-state index is -0.427. The summed E-state index contributed by atoms with van der Waals surface area (Å²) in [4.78, 5) is 8.45. The first-order valence-electron chi connectivity index (χ1n) is 6.13. The molecule has 106 valence electrons. The van der Waals surface area contributed by atoms with Crippen LogP contribution in [0, 0.1) is 5.82 Å². The highest BCUT2D eigenvalue weighted by Gasteiger charge is 2.10. The molecule has 0 saturated heterocycles. The van der Waals surface area contributed by atoms with Gasteiger partial charge in [-0.05, 0) is 30.3 Å². The molecule has 0 fully saturated rings. The number of para-hydroxylation sites is 1. The molecule has 0 saturated carbocycles. The first-order chi connectivity index (χ1) is 10.2. The SMILES string of the molecule is NNc1nc(Nc2cc(Cl)ccc2F)c2ccccc2n1. The molecule has 4 N–H and O–H groups in total. The summed E-state index contributed by atoms with van der Waals surface area (Å²) in [5.74, 6) is 5.61. The lowest BCUT2D eigenvalue weighted by Crippen LogP contribution is -2.11. The minimum absolute atomic E-state index is 0.231. The third-order valence-corrected chi connectivity index (χ3v) is 3.15. The zero-order valence-corrected chi connectivity index (χ0v) is 11.5. The summed E-state index contributed by atoms with van der Waals surface area (Å²) < 4.78 is 13.8. The third kappa shape index (κ3) is 2.72. The number of hydrogen-bond acceptors (Lipinski definition) is 5. The van der Waals surface area contributed by atoms with E-state index in [-0.39, 0.29) is 11.6 Å². The Bertz CT molecular complexity index is 808. The molecule has 1 aromatic heterocycles. The molecule has 5 nitrogen and oxygen atoms in total. The summed E-state index contributed by atoms with van der Waals surface area (Å²) in [6.07, 6.45) is 0. The fourth-order valence-corrected chi connectivity index (χ4v) is 2.13. The average Bonchev–Trinajstić information content (AvgIpc) is 2.50. The molecule has 0 spiro atoms. The van der Waals surface area contributed by atoms with Gasteiger partial charge in [-0.2, -0.15) is 4.98 Å². The second-order valence-corrected chi connectivity index (χ2v) is 4.74. The zero-order chi connectivity index (χ0) is 14.8. The Labute approximate surface area is 124 Å². The Hall–Kier alpha value is -2.44. The number of hydrogen-bond donors (Lipinski definition) is 3. The molecule has 0 amide bonds. The molecule has 0 aliphatic rings. The standard InChI is InChI=1S/C14H11ClFN5/c15-8-5-6-10(16)12(7-8)18-13-9-3-1-2-4-11(9)19-14(20-13)21-17/h1-7H,17H2,(H2,18,19,20,21). The van der Waals surface area contributed by atoms with Crippen molar-refractivity contribution in [2.24, 2.45) is 5.84 Å². The summed E-state index contributed by atoms with van der Waals surface area (Å²) in [5, 5.41) is 4.10. The predicted molar refractivity (Wildman–Crippen MR) is 82.0 cm³/mol. The molecule has 3 rings (SSSR count). The molecule has 0 aliphatic carbocycles. The lowest BCUT2D eigenvalue weighted by atomic mass is 10.2. The van der Waals surface area contributed by atoms with E-state index in [4.69, 9.17) is 17.4 Å². The third-order valence-electron chi connectivity index (χ3n) is 2.91. The van der Waals surface area contributed by atoms with Gasteiger partial charge in [-0.15, -0.1) is 0 Å². The molecule has 0 aliphatic heterocycles. The second kappa shape index (κ2) is 5.51. The Balaban J connectivity index is 2.13. The monoisotopic (exact) mass is 303 g/mol. The van der Waals surface area contributed by atoms with Gasteiger partial charge in [0.05, 0.1) is 11.2 Å². The van der Waals surface area contributed by atoms with Gasteiger partial charge in [0.25, 0.3) is 0 Å². The molecule has 1 heterocycles. The number of rotatable bonds is 3. The molecular weight excluding hydrogens is 293 g/mol. The summed E-state index contributed by atoms with van der Waals surface area (Å²) in [5.41, 5.74) is 3.31. The van der Waals surface area contributed by atoms with Crippen molar-refractivity contribution in [2.45, 2.75) is 0 Å². The van der Waals surface area contributed by atoms with Crippen molar-refractivity contribution in [3.63, 3.8) is 0 Å². The summed E-state index contributed by atoms with van der Waals surface area (Å²) >= 11 is 5.89. The summed E-state index contributed by atoms with van der Waals surface area (Å²) in [7, 11) is 0. The molecule has 0 unspecified atom stereocenters. The molecule has 0 bridgehead atoms. The highest BCUT2D eigenvalue weighted by Crippen LogP contribution is 2.27. The van der Waals surface area contributed by atoms with Crippen LogP contribution < -0.4 is 16.6 Å². The number of nitrogens with one attached hydrogen (secondary N) is 2. The fourth-order valence-electron chi connectivity index (χ4n) is 1.96. The van der Waals surface area contributed by atoms with Crippen LogP contribution in [0.5, 0.6) is 0 Å². The van der Waals surface area contributed by atoms with E-state index in [0.29, 0.717) is 16.4 Å². The van der Waals surface area contributed by atoms with Gasteiger partial charge in [-0.1, -0.05) is 23.7 Å². The normalized spacial score (nSPS) is 10.6. The zero-order valence-electron chi connectivity index (χ0n) is 10.8. The van der Waals surface area contributed by atoms with Crippen LogP contribution in [-0.4, -0.2) is 9.97 Å². The summed E-state index contributed by atoms with van der Waals surface area (Å²) in [6, 6.07) is 11.6. The molecule has 2 aromatic carbocycles. The number of benzene rings is 2. The van der Waals surface area contributed by atoms with Crippen molar-refractivity contribution < 1.29 is 4.39 Å². The number of halogens is 2. The Morgan fingerprint density at radius 1 is 1.10 bits per heavy atom. The number of nitrogens with zero attached hydrogens (tertiary/aromatic N) is 2. The van der Waals surface area contributed by atoms with E-state index in [1.54, 1.807) is 0 Å². The number of nitrogens with two attached hydrogens (primary N) is 1. The van der Waals surface area contributed by atoms with Crippen molar-refractivity contribution in [1.82, 2.24) is 9.97 Å². The van der Waals surface area contributed by atoms with E-state index in [9.17, 15) is 4.39 Å². The highest BCUT2D eigenvalue weighted by molar-refractivity contribution is 6.30. The van der Waals surface area contributed by atoms with Gasteiger partial charge in [0.1, 0.15) is 11.6 Å². The van der Waals surface area contributed by atoms with Gasteiger partial charge >= 0.3 is 0 Å². The van der Waals surface area contributed by atoms with E-state index >= 15 is 0 Å². The maximum atomic E-state index is 13.8. The lowest BCUT2D eigenvalue weighted by molar-refractivity contribution is 0.632. The number of anilines is 3. The van der Waals surface area contributed by atoms with E-state index in [1.807, 2.05) is 24.3 Å². The lowest BCUT2D eigenvalue weighted by Gasteiger charge is -2.11. The maximum Gasteiger partial charge on any atom is 0.239 e. The van der Waals surface area contributed by atoms with Crippen LogP contribution in [0.4, 0.5) is 21.8 Å². The van der Waals surface area contributed by atoms with E-state index in [2.05, 4.69) is 20.7 Å². The van der Waals surface area contributed by atoms with E-state index in [0.717, 1.165) is 5.39 Å². The molecule has 0 atom stereocenters. The molecule has 21 heavy (non-hydrogen) atoms. The van der Waals surface area contributed by atoms with Gasteiger partial charge in [-0.3, -0.25) is 5.43 Å². The first-order valence-corrected chi connectivity index (χ1v) is 6.50. The topological polar surface area (TPSA) is 75.9 Å². The minimum Gasteiger partial charge on any atom is -0.337 e. The summed E-state index contributed by atoms with van der Waals surface area (Å²) in [6.45, 7) is 0. The molecule has 0 radical (unpaired) electrons. The Morgan fingerprint density at radius 2 is 1.90 bits per heavy atom. The number of fused-ring (bicyclic) bond motifs is 1. The van der Waals surface area contributed by atoms with Crippen LogP contribution in [0.15, 0.2) is 42.5 Å². The van der Waals surface area contributed by atoms with E-state index < -0.39 is 5.82 Å². The largest absolute Gasteiger partial charge is 0.337 e. The van der Waals surface area contributed by atoms with Crippen molar-refractivity contribution >= 4 is 40.0 Å².